The molecule has 2 aromatic carbocycles. The van der Waals surface area contributed by atoms with E-state index in [9.17, 15) is 9.59 Å². The Hall–Kier alpha value is -4.89. The van der Waals surface area contributed by atoms with E-state index in [0.29, 0.717) is 44.7 Å². The van der Waals surface area contributed by atoms with Gasteiger partial charge in [-0.3, -0.25) is 14.6 Å². The summed E-state index contributed by atoms with van der Waals surface area (Å²) >= 11 is 6.02. The molecule has 1 N–H and O–H groups in total. The van der Waals surface area contributed by atoms with E-state index in [2.05, 4.69) is 15.3 Å². The van der Waals surface area contributed by atoms with Gasteiger partial charge in [0.1, 0.15) is 22.9 Å². The number of rotatable bonds is 8. The molecular weight excluding hydrogens is 544 g/mol. The summed E-state index contributed by atoms with van der Waals surface area (Å²) in [5, 5.41) is 4.01. The van der Waals surface area contributed by atoms with Crippen LogP contribution < -0.4 is 25.0 Å². The molecule has 0 aliphatic rings. The van der Waals surface area contributed by atoms with Crippen LogP contribution in [0.1, 0.15) is 30.2 Å². The van der Waals surface area contributed by atoms with Crippen LogP contribution in [0.3, 0.4) is 0 Å². The number of carbonyl (C=O) groups excluding carboxylic acids is 1. The summed E-state index contributed by atoms with van der Waals surface area (Å²) in [5.41, 5.74) is 1.35. The van der Waals surface area contributed by atoms with Crippen molar-refractivity contribution in [3.63, 3.8) is 0 Å². The molecule has 0 saturated carbocycles. The average Bonchev–Trinajstić information content (AvgIpc) is 2.98. The lowest BCUT2D eigenvalue weighted by Gasteiger charge is -2.15. The first-order valence-corrected chi connectivity index (χ1v) is 13.1. The Morgan fingerprint density at radius 1 is 0.927 bits per heavy atom. The van der Waals surface area contributed by atoms with Gasteiger partial charge in [-0.05, 0) is 55.8 Å². The number of pyridine rings is 3. The van der Waals surface area contributed by atoms with Crippen molar-refractivity contribution >= 4 is 34.2 Å². The van der Waals surface area contributed by atoms with E-state index in [4.69, 9.17) is 25.8 Å². The lowest BCUT2D eigenvalue weighted by atomic mass is 10.0. The molecule has 0 atom stereocenters. The van der Waals surface area contributed by atoms with Crippen molar-refractivity contribution in [1.82, 2.24) is 14.5 Å². The minimum absolute atomic E-state index is 0.000840. The van der Waals surface area contributed by atoms with Gasteiger partial charge in [-0.1, -0.05) is 23.7 Å². The predicted molar refractivity (Wildman–Crippen MR) is 159 cm³/mol. The van der Waals surface area contributed by atoms with Gasteiger partial charge in [-0.2, -0.15) is 0 Å². The van der Waals surface area contributed by atoms with Gasteiger partial charge >= 0.3 is 0 Å². The number of aromatic nitrogens is 3. The molecular formula is C31H27ClN4O5. The van der Waals surface area contributed by atoms with Gasteiger partial charge in [0.15, 0.2) is 11.5 Å². The molecule has 0 spiro atoms. The maximum atomic E-state index is 13.3. The highest BCUT2D eigenvalue weighted by molar-refractivity contribution is 6.30. The lowest BCUT2D eigenvalue weighted by molar-refractivity contribution is 0.102. The highest BCUT2D eigenvalue weighted by atomic mass is 35.5. The number of halogens is 1. The smallest absolute Gasteiger partial charge is 0.262 e. The van der Waals surface area contributed by atoms with E-state index in [1.165, 1.54) is 6.20 Å². The molecule has 5 aromatic rings. The van der Waals surface area contributed by atoms with E-state index < -0.39 is 11.3 Å². The zero-order chi connectivity index (χ0) is 29.1. The van der Waals surface area contributed by atoms with E-state index >= 15 is 0 Å². The fraction of sp³-hybridized carbons (Fsp3) is 0.161. The van der Waals surface area contributed by atoms with Crippen molar-refractivity contribution in [3.8, 4) is 34.1 Å². The van der Waals surface area contributed by atoms with E-state index in [0.717, 1.165) is 5.39 Å². The number of anilines is 1. The van der Waals surface area contributed by atoms with Gasteiger partial charge in [-0.25, -0.2) is 4.98 Å². The third-order valence-corrected chi connectivity index (χ3v) is 6.71. The Bertz CT molecular complexity index is 1780. The summed E-state index contributed by atoms with van der Waals surface area (Å²) in [6, 6.07) is 15.5. The number of ether oxygens (including phenoxy) is 3. The van der Waals surface area contributed by atoms with Crippen LogP contribution in [-0.2, 0) is 0 Å². The molecule has 0 saturated heterocycles. The first kappa shape index (κ1) is 27.7. The molecule has 0 bridgehead atoms. The Balaban J connectivity index is 1.39. The van der Waals surface area contributed by atoms with Crippen molar-refractivity contribution in [1.29, 1.82) is 0 Å². The van der Waals surface area contributed by atoms with E-state index in [1.807, 2.05) is 18.4 Å². The highest BCUT2D eigenvalue weighted by Gasteiger charge is 2.18. The molecule has 1 amide bonds. The normalized spacial score (nSPS) is 11.0. The first-order chi connectivity index (χ1) is 19.8. The number of nitrogens with one attached hydrogen (secondary N) is 1. The molecule has 0 aliphatic carbocycles. The van der Waals surface area contributed by atoms with Crippen LogP contribution in [0, 0.1) is 0 Å². The minimum atomic E-state index is -0.567. The number of nitrogens with zero attached hydrogens (tertiary/aromatic N) is 3. The number of carbonyl (C=O) groups is 1. The van der Waals surface area contributed by atoms with Crippen LogP contribution in [0.5, 0.6) is 23.0 Å². The highest BCUT2D eigenvalue weighted by Crippen LogP contribution is 2.36. The zero-order valence-electron chi connectivity index (χ0n) is 22.8. The second kappa shape index (κ2) is 11.7. The molecule has 0 radical (unpaired) electrons. The molecule has 208 valence electrons. The van der Waals surface area contributed by atoms with Crippen LogP contribution in [-0.4, -0.2) is 34.7 Å². The van der Waals surface area contributed by atoms with Crippen molar-refractivity contribution in [2.45, 2.75) is 19.9 Å². The third kappa shape index (κ3) is 5.85. The largest absolute Gasteiger partial charge is 0.493 e. The van der Waals surface area contributed by atoms with Gasteiger partial charge in [0.25, 0.3) is 5.91 Å². The number of benzene rings is 2. The predicted octanol–water partition coefficient (Wildman–Crippen LogP) is 6.75. The minimum Gasteiger partial charge on any atom is -0.493 e. The molecule has 0 unspecified atom stereocenters. The van der Waals surface area contributed by atoms with Crippen LogP contribution in [0.15, 0.2) is 84.2 Å². The number of methoxy groups -OCH3 is 2. The summed E-state index contributed by atoms with van der Waals surface area (Å²) in [5.74, 6) is 1.79. The fourth-order valence-electron chi connectivity index (χ4n) is 4.25. The van der Waals surface area contributed by atoms with Gasteiger partial charge in [-0.15, -0.1) is 0 Å². The second-order valence-electron chi connectivity index (χ2n) is 9.43. The monoisotopic (exact) mass is 570 g/mol. The van der Waals surface area contributed by atoms with Gasteiger partial charge in [0.05, 0.1) is 25.9 Å². The van der Waals surface area contributed by atoms with Crippen molar-refractivity contribution in [2.24, 2.45) is 0 Å². The van der Waals surface area contributed by atoms with Crippen LogP contribution in [0.2, 0.25) is 5.02 Å². The fourth-order valence-corrected chi connectivity index (χ4v) is 4.38. The van der Waals surface area contributed by atoms with E-state index in [-0.39, 0.29) is 17.4 Å². The van der Waals surface area contributed by atoms with E-state index in [1.54, 1.807) is 87.4 Å². The van der Waals surface area contributed by atoms with Crippen LogP contribution in [0.4, 0.5) is 5.82 Å². The molecule has 3 heterocycles. The molecule has 10 heteroatoms. The van der Waals surface area contributed by atoms with Gasteiger partial charge < -0.3 is 24.1 Å². The molecule has 0 fully saturated rings. The van der Waals surface area contributed by atoms with Crippen LogP contribution >= 0.6 is 11.6 Å². The van der Waals surface area contributed by atoms with Gasteiger partial charge in [0.2, 0.25) is 5.43 Å². The Labute approximate surface area is 241 Å². The number of amides is 1. The molecule has 9 nitrogen and oxygen atoms in total. The molecule has 41 heavy (non-hydrogen) atoms. The SMILES string of the molecule is COc1cc2nccc(Oc3ccc(NC(=O)c4cn(C(C)C)cc(-c5ccc(Cl)cc5)c4=O)nc3)c2cc1OC. The topological polar surface area (TPSA) is 105 Å². The summed E-state index contributed by atoms with van der Waals surface area (Å²) in [6.07, 6.45) is 6.41. The average molecular weight is 571 g/mol. The number of hydrogen-bond acceptors (Lipinski definition) is 7. The Morgan fingerprint density at radius 2 is 1.66 bits per heavy atom. The molecule has 0 aliphatic heterocycles. The number of fused-ring (bicyclic) bond motifs is 1. The standard InChI is InChI=1S/C31H27ClN4O5/c1-18(2)36-16-23(19-5-7-20(32)8-6-19)30(37)24(17-36)31(38)35-29-10-9-21(15-34-29)41-26-11-12-33-25-14-28(40-4)27(39-3)13-22(25)26/h5-18H,1-4H3,(H,34,35,38). The van der Waals surface area contributed by atoms with Crippen molar-refractivity contribution < 1.29 is 19.0 Å². The second-order valence-corrected chi connectivity index (χ2v) is 9.87. The zero-order valence-corrected chi connectivity index (χ0v) is 23.6. The molecule has 5 rings (SSSR count). The first-order valence-electron chi connectivity index (χ1n) is 12.7. The lowest BCUT2D eigenvalue weighted by Crippen LogP contribution is -2.25. The summed E-state index contributed by atoms with van der Waals surface area (Å²) < 4.78 is 18.7. The third-order valence-electron chi connectivity index (χ3n) is 6.45. The summed E-state index contributed by atoms with van der Waals surface area (Å²) in [4.78, 5) is 35.3. The summed E-state index contributed by atoms with van der Waals surface area (Å²) in [7, 11) is 3.12. The quantitative estimate of drug-likeness (QED) is 0.220. The Kier molecular flexibility index (Phi) is 7.89. The molecule has 3 aromatic heterocycles. The van der Waals surface area contributed by atoms with Crippen LogP contribution in [0.25, 0.3) is 22.0 Å². The van der Waals surface area contributed by atoms with Crippen molar-refractivity contribution in [3.05, 3.63) is 100 Å². The van der Waals surface area contributed by atoms with Gasteiger partial charge in [0, 0.05) is 46.7 Å². The maximum Gasteiger partial charge on any atom is 0.262 e. The van der Waals surface area contributed by atoms with Crippen molar-refractivity contribution in [2.75, 3.05) is 19.5 Å². The number of hydrogen-bond donors (Lipinski definition) is 1. The summed E-state index contributed by atoms with van der Waals surface area (Å²) in [6.45, 7) is 3.94. The Morgan fingerprint density at radius 3 is 2.32 bits per heavy atom. The maximum absolute atomic E-state index is 13.3.